The molecule has 0 spiro atoms. The number of rotatable bonds is 13. The molecular weight excluding hydrogens is 681 g/mol. The van der Waals surface area contributed by atoms with E-state index in [1.54, 1.807) is 25.1 Å². The molecule has 0 aliphatic rings. The maximum absolute atomic E-state index is 13.6. The van der Waals surface area contributed by atoms with Crippen molar-refractivity contribution in [2.45, 2.75) is 116 Å². The second-order valence-electron chi connectivity index (χ2n) is 15.9. The summed E-state index contributed by atoms with van der Waals surface area (Å²) in [6.07, 6.45) is -0.978. The van der Waals surface area contributed by atoms with E-state index in [1.165, 1.54) is 12.1 Å². The third-order valence-electron chi connectivity index (χ3n) is 9.74. The van der Waals surface area contributed by atoms with Crippen molar-refractivity contribution in [3.05, 3.63) is 89.5 Å². The fourth-order valence-electron chi connectivity index (χ4n) is 4.33. The van der Waals surface area contributed by atoms with E-state index in [4.69, 9.17) is 17.8 Å². The molecule has 1 atom stereocenters. The zero-order valence-corrected chi connectivity index (χ0v) is 34.8. The Morgan fingerprint density at radius 3 is 2.02 bits per heavy atom. The first-order valence-electron chi connectivity index (χ1n) is 17.0. The van der Waals surface area contributed by atoms with Crippen molar-refractivity contribution >= 4 is 32.3 Å². The molecule has 50 heavy (non-hydrogen) atoms. The SMILES string of the molecule is C=C(C[C@H](O)C#CCO[Si](C)(C)C(C)(C)C)c1cc(OS(=O)(=O)c2ccc(C)cc2)c(C)c(OCc2ccccc2)c1O[Si](C)(C)C(C)(C)C. The fraction of sp³-hybridized carbons (Fsp3) is 0.450. The van der Waals surface area contributed by atoms with Crippen LogP contribution in [0.5, 0.6) is 17.2 Å². The van der Waals surface area contributed by atoms with E-state index >= 15 is 0 Å². The van der Waals surface area contributed by atoms with Gasteiger partial charge in [0.1, 0.15) is 23.4 Å². The number of ether oxygens (including phenoxy) is 1. The average Bonchev–Trinajstić information content (AvgIpc) is 2.99. The van der Waals surface area contributed by atoms with Crippen molar-refractivity contribution < 1.29 is 31.3 Å². The Morgan fingerprint density at radius 1 is 0.880 bits per heavy atom. The summed E-state index contributed by atoms with van der Waals surface area (Å²) in [6.45, 7) is 29.9. The Morgan fingerprint density at radius 2 is 1.46 bits per heavy atom. The Hall–Kier alpha value is -3.34. The first-order chi connectivity index (χ1) is 22.9. The number of hydrogen-bond acceptors (Lipinski definition) is 7. The second-order valence-corrected chi connectivity index (χ2v) is 27.0. The van der Waals surface area contributed by atoms with Crippen molar-refractivity contribution in [2.24, 2.45) is 0 Å². The lowest BCUT2D eigenvalue weighted by atomic mass is 9.98. The van der Waals surface area contributed by atoms with Gasteiger partial charge in [-0.25, -0.2) is 0 Å². The van der Waals surface area contributed by atoms with Gasteiger partial charge in [-0.2, -0.15) is 8.42 Å². The smallest absolute Gasteiger partial charge is 0.339 e. The third-order valence-corrected chi connectivity index (χ3v) is 19.8. The van der Waals surface area contributed by atoms with Gasteiger partial charge in [-0.15, -0.1) is 0 Å². The van der Waals surface area contributed by atoms with Crippen LogP contribution in [0.25, 0.3) is 5.57 Å². The lowest BCUT2D eigenvalue weighted by Gasteiger charge is -2.38. The van der Waals surface area contributed by atoms with Gasteiger partial charge in [0, 0.05) is 17.5 Å². The van der Waals surface area contributed by atoms with E-state index < -0.39 is 32.9 Å². The van der Waals surface area contributed by atoms with E-state index in [-0.39, 0.29) is 40.4 Å². The number of hydrogen-bond donors (Lipinski definition) is 1. The zero-order chi connectivity index (χ0) is 37.7. The molecular formula is C40H56O7SSi2. The minimum Gasteiger partial charge on any atom is -0.541 e. The molecule has 3 rings (SSSR count). The summed E-state index contributed by atoms with van der Waals surface area (Å²) in [5.74, 6) is 6.76. The number of benzene rings is 3. The Bertz CT molecular complexity index is 1810. The highest BCUT2D eigenvalue weighted by atomic mass is 32.2. The maximum atomic E-state index is 13.6. The van der Waals surface area contributed by atoms with Crippen LogP contribution >= 0.6 is 0 Å². The van der Waals surface area contributed by atoms with Gasteiger partial charge in [0.15, 0.2) is 19.8 Å². The molecule has 0 amide bonds. The van der Waals surface area contributed by atoms with Crippen LogP contribution in [0.4, 0.5) is 0 Å². The Balaban J connectivity index is 2.13. The third kappa shape index (κ3) is 10.6. The molecule has 10 heteroatoms. The molecule has 0 aromatic heterocycles. The summed E-state index contributed by atoms with van der Waals surface area (Å²) < 4.78 is 52.6. The van der Waals surface area contributed by atoms with Crippen molar-refractivity contribution in [2.75, 3.05) is 6.61 Å². The van der Waals surface area contributed by atoms with Crippen molar-refractivity contribution in [1.82, 2.24) is 0 Å². The summed E-state index contributed by atoms with van der Waals surface area (Å²) in [5, 5.41) is 10.9. The zero-order valence-electron chi connectivity index (χ0n) is 32.0. The summed E-state index contributed by atoms with van der Waals surface area (Å²) >= 11 is 0. The standard InChI is InChI=1S/C40H56O7SSi2/c1-29-21-23-34(24-22-29)48(42,43)46-36-27-35(30(2)26-33(41)20-17-25-45-49(10,11)39(4,5)6)38(47-50(12,13)40(7,8)9)37(31(36)3)44-28-32-18-15-14-16-19-32/h14-16,18-19,21-24,27,33,41H,2,25-26,28H2,1,3-13H3/t33-/m1/s1. The van der Waals surface area contributed by atoms with Gasteiger partial charge in [-0.05, 0) is 79.4 Å². The molecule has 0 aliphatic carbocycles. The van der Waals surface area contributed by atoms with Gasteiger partial charge in [0.05, 0.1) is 6.61 Å². The van der Waals surface area contributed by atoms with Gasteiger partial charge in [0.25, 0.3) is 8.32 Å². The van der Waals surface area contributed by atoms with Crippen LogP contribution in [0.15, 0.2) is 72.1 Å². The first-order valence-corrected chi connectivity index (χ1v) is 24.2. The van der Waals surface area contributed by atoms with Crippen molar-refractivity contribution in [3.8, 4) is 29.1 Å². The molecule has 0 fully saturated rings. The average molecular weight is 737 g/mol. The Kier molecular flexibility index (Phi) is 13.1. The molecule has 0 heterocycles. The molecule has 0 saturated heterocycles. The minimum absolute atomic E-state index is 0.0295. The molecule has 0 unspecified atom stereocenters. The van der Waals surface area contributed by atoms with E-state index in [0.717, 1.165) is 11.1 Å². The summed E-state index contributed by atoms with van der Waals surface area (Å²) in [5.41, 5.74) is 3.29. The number of aliphatic hydroxyl groups is 1. The largest absolute Gasteiger partial charge is 0.541 e. The monoisotopic (exact) mass is 736 g/mol. The van der Waals surface area contributed by atoms with Gasteiger partial charge in [0.2, 0.25) is 0 Å². The highest BCUT2D eigenvalue weighted by Gasteiger charge is 2.41. The van der Waals surface area contributed by atoms with Gasteiger partial charge in [-0.1, -0.05) is 108 Å². The fourth-order valence-corrected chi connectivity index (χ4v) is 7.19. The van der Waals surface area contributed by atoms with Crippen LogP contribution in [-0.2, 0) is 21.2 Å². The molecule has 0 radical (unpaired) electrons. The molecule has 1 N–H and O–H groups in total. The predicted octanol–water partition coefficient (Wildman–Crippen LogP) is 9.82. The molecule has 3 aromatic carbocycles. The van der Waals surface area contributed by atoms with Crippen LogP contribution in [-0.4, -0.2) is 42.9 Å². The second kappa shape index (κ2) is 15.9. The van der Waals surface area contributed by atoms with E-state index in [9.17, 15) is 13.5 Å². The molecule has 0 saturated carbocycles. The van der Waals surface area contributed by atoms with Crippen LogP contribution in [0.3, 0.4) is 0 Å². The topological polar surface area (TPSA) is 91.3 Å². The van der Waals surface area contributed by atoms with E-state index in [2.05, 4.69) is 86.2 Å². The predicted molar refractivity (Wildman–Crippen MR) is 209 cm³/mol. The van der Waals surface area contributed by atoms with Gasteiger partial charge < -0.3 is 22.9 Å². The van der Waals surface area contributed by atoms with Crippen LogP contribution in [0, 0.1) is 25.7 Å². The lowest BCUT2D eigenvalue weighted by Crippen LogP contribution is -2.44. The molecule has 0 bridgehead atoms. The number of aryl methyl sites for hydroxylation is 1. The Labute approximate surface area is 303 Å². The van der Waals surface area contributed by atoms with Crippen LogP contribution in [0.1, 0.15) is 70.2 Å². The first kappa shape index (κ1) is 41.1. The molecule has 272 valence electrons. The molecule has 0 aliphatic heterocycles. The lowest BCUT2D eigenvalue weighted by molar-refractivity contribution is 0.238. The quantitative estimate of drug-likeness (QED) is 0.106. The van der Waals surface area contributed by atoms with E-state index in [1.807, 2.05) is 37.3 Å². The number of aliphatic hydroxyl groups excluding tert-OH is 1. The highest BCUT2D eigenvalue weighted by molar-refractivity contribution is 7.87. The van der Waals surface area contributed by atoms with E-state index in [0.29, 0.717) is 28.2 Å². The molecule has 3 aromatic rings. The van der Waals surface area contributed by atoms with Crippen LogP contribution in [0.2, 0.25) is 36.3 Å². The molecule has 7 nitrogen and oxygen atoms in total. The highest BCUT2D eigenvalue weighted by Crippen LogP contribution is 2.48. The van der Waals surface area contributed by atoms with Crippen LogP contribution < -0.4 is 13.3 Å². The summed E-state index contributed by atoms with van der Waals surface area (Å²) in [4.78, 5) is 0.0295. The van der Waals surface area contributed by atoms with Gasteiger partial charge in [-0.3, -0.25) is 0 Å². The normalized spacial score (nSPS) is 13.2. The van der Waals surface area contributed by atoms with Crippen molar-refractivity contribution in [3.63, 3.8) is 0 Å². The maximum Gasteiger partial charge on any atom is 0.339 e. The summed E-state index contributed by atoms with van der Waals surface area (Å²) in [6, 6.07) is 17.8. The minimum atomic E-state index is -4.21. The van der Waals surface area contributed by atoms with Crippen molar-refractivity contribution in [1.29, 1.82) is 0 Å². The summed E-state index contributed by atoms with van der Waals surface area (Å²) in [7, 11) is -8.70. The van der Waals surface area contributed by atoms with Gasteiger partial charge >= 0.3 is 10.1 Å².